The molecule has 18 heavy (non-hydrogen) atoms. The van der Waals surface area contributed by atoms with E-state index in [2.05, 4.69) is 10.1 Å². The van der Waals surface area contributed by atoms with Gasteiger partial charge in [-0.25, -0.2) is 4.39 Å². The molecule has 1 heterocycles. The van der Waals surface area contributed by atoms with Gasteiger partial charge in [0.05, 0.1) is 12.2 Å². The number of rotatable bonds is 5. The van der Waals surface area contributed by atoms with Gasteiger partial charge in [0.2, 0.25) is 0 Å². The van der Waals surface area contributed by atoms with Crippen molar-refractivity contribution in [2.75, 3.05) is 11.4 Å². The first-order valence-corrected chi connectivity index (χ1v) is 5.88. The molecule has 96 valence electrons. The summed E-state index contributed by atoms with van der Waals surface area (Å²) in [6.45, 7) is 3.79. The Kier molecular flexibility index (Phi) is 3.94. The maximum Gasteiger partial charge on any atom is 0.156 e. The number of nitrogens with two attached hydrogens (primary N) is 1. The summed E-state index contributed by atoms with van der Waals surface area (Å²) in [6, 6.07) is 8.23. The molecule has 0 saturated carbocycles. The first-order chi connectivity index (χ1) is 8.72. The largest absolute Gasteiger partial charge is 0.364 e. The summed E-state index contributed by atoms with van der Waals surface area (Å²) in [7, 11) is 0. The van der Waals surface area contributed by atoms with Crippen molar-refractivity contribution in [3.63, 3.8) is 0 Å². The van der Waals surface area contributed by atoms with E-state index >= 15 is 0 Å². The molecule has 0 bridgehead atoms. The highest BCUT2D eigenvalue weighted by molar-refractivity contribution is 5.46. The van der Waals surface area contributed by atoms with Crippen molar-refractivity contribution in [2.24, 2.45) is 5.73 Å². The molecule has 4 nitrogen and oxygen atoms in total. The second-order valence-electron chi connectivity index (χ2n) is 3.98. The Labute approximate surface area is 105 Å². The van der Waals surface area contributed by atoms with Gasteiger partial charge in [0.25, 0.3) is 0 Å². The zero-order valence-corrected chi connectivity index (χ0v) is 10.3. The molecule has 5 heteroatoms. The molecule has 0 unspecified atom stereocenters. The van der Waals surface area contributed by atoms with Gasteiger partial charge in [0, 0.05) is 24.8 Å². The minimum Gasteiger partial charge on any atom is -0.364 e. The van der Waals surface area contributed by atoms with E-state index in [1.807, 2.05) is 13.0 Å². The normalized spacial score (nSPS) is 10.6. The number of hydrogen-bond acceptors (Lipinski definition) is 4. The van der Waals surface area contributed by atoms with Crippen LogP contribution >= 0.6 is 0 Å². The molecule has 0 aliphatic heterocycles. The van der Waals surface area contributed by atoms with Crippen molar-refractivity contribution in [2.45, 2.75) is 20.0 Å². The average molecular weight is 249 g/mol. The van der Waals surface area contributed by atoms with Gasteiger partial charge in [-0.3, -0.25) is 0 Å². The molecule has 2 aromatic rings. The molecule has 0 amide bonds. The standard InChI is InChI=1S/C13H16FN3O/c1-2-17(12-5-3-10(14)4-6-12)9-13-7-11(8-15)16-18-13/h3-7H,2,8-9,15H2,1H3. The fourth-order valence-electron chi connectivity index (χ4n) is 1.75. The van der Waals surface area contributed by atoms with E-state index in [1.165, 1.54) is 12.1 Å². The third-order valence-corrected chi connectivity index (χ3v) is 2.74. The van der Waals surface area contributed by atoms with Crippen LogP contribution < -0.4 is 10.6 Å². The summed E-state index contributed by atoms with van der Waals surface area (Å²) in [6.07, 6.45) is 0. The van der Waals surface area contributed by atoms with Crippen molar-refractivity contribution in [1.82, 2.24) is 5.16 Å². The monoisotopic (exact) mass is 249 g/mol. The van der Waals surface area contributed by atoms with Crippen molar-refractivity contribution >= 4 is 5.69 Å². The van der Waals surface area contributed by atoms with Gasteiger partial charge < -0.3 is 15.2 Å². The number of halogens is 1. The van der Waals surface area contributed by atoms with E-state index in [4.69, 9.17) is 10.3 Å². The zero-order valence-electron chi connectivity index (χ0n) is 10.3. The third kappa shape index (κ3) is 2.87. The SMILES string of the molecule is CCN(Cc1cc(CN)no1)c1ccc(F)cc1. The van der Waals surface area contributed by atoms with E-state index in [9.17, 15) is 4.39 Å². The summed E-state index contributed by atoms with van der Waals surface area (Å²) in [5.41, 5.74) is 7.16. The lowest BCUT2D eigenvalue weighted by Crippen LogP contribution is -2.21. The van der Waals surface area contributed by atoms with Crippen LogP contribution in [0.15, 0.2) is 34.9 Å². The van der Waals surface area contributed by atoms with Crippen LogP contribution in [0.5, 0.6) is 0 Å². The van der Waals surface area contributed by atoms with E-state index < -0.39 is 0 Å². The molecule has 0 saturated heterocycles. The molecular weight excluding hydrogens is 233 g/mol. The molecule has 0 fully saturated rings. The maximum absolute atomic E-state index is 12.9. The molecule has 0 atom stereocenters. The molecule has 2 rings (SSSR count). The summed E-state index contributed by atoms with van der Waals surface area (Å²) in [4.78, 5) is 2.07. The lowest BCUT2D eigenvalue weighted by molar-refractivity contribution is 0.376. The van der Waals surface area contributed by atoms with Crippen molar-refractivity contribution < 1.29 is 8.91 Å². The van der Waals surface area contributed by atoms with Crippen LogP contribution in [0.1, 0.15) is 18.4 Å². The minimum atomic E-state index is -0.236. The van der Waals surface area contributed by atoms with Gasteiger partial charge in [-0.05, 0) is 31.2 Å². The van der Waals surface area contributed by atoms with Gasteiger partial charge in [-0.2, -0.15) is 0 Å². The van der Waals surface area contributed by atoms with Crippen LogP contribution in [0.25, 0.3) is 0 Å². The highest BCUT2D eigenvalue weighted by atomic mass is 19.1. The molecule has 0 aliphatic rings. The fourth-order valence-corrected chi connectivity index (χ4v) is 1.75. The quantitative estimate of drug-likeness (QED) is 0.883. The molecule has 0 aliphatic carbocycles. The first-order valence-electron chi connectivity index (χ1n) is 5.88. The van der Waals surface area contributed by atoms with E-state index in [-0.39, 0.29) is 5.82 Å². The predicted octanol–water partition coefficient (Wildman–Crippen LogP) is 2.30. The van der Waals surface area contributed by atoms with Crippen LogP contribution in [-0.4, -0.2) is 11.7 Å². The highest BCUT2D eigenvalue weighted by Crippen LogP contribution is 2.17. The van der Waals surface area contributed by atoms with Crippen molar-refractivity contribution in [3.05, 3.63) is 47.6 Å². The van der Waals surface area contributed by atoms with Crippen LogP contribution in [0.4, 0.5) is 10.1 Å². The Bertz CT molecular complexity index is 495. The molecule has 1 aromatic carbocycles. The van der Waals surface area contributed by atoms with Gasteiger partial charge in [-0.1, -0.05) is 5.16 Å². The number of hydrogen-bond donors (Lipinski definition) is 1. The molecule has 0 radical (unpaired) electrons. The van der Waals surface area contributed by atoms with Crippen LogP contribution in [0, 0.1) is 5.82 Å². The lowest BCUT2D eigenvalue weighted by atomic mass is 10.2. The van der Waals surface area contributed by atoms with E-state index in [0.29, 0.717) is 13.1 Å². The van der Waals surface area contributed by atoms with E-state index in [0.717, 1.165) is 23.7 Å². The highest BCUT2D eigenvalue weighted by Gasteiger charge is 2.09. The van der Waals surface area contributed by atoms with Crippen molar-refractivity contribution in [1.29, 1.82) is 0 Å². The smallest absolute Gasteiger partial charge is 0.156 e. The first kappa shape index (κ1) is 12.6. The number of anilines is 1. The van der Waals surface area contributed by atoms with E-state index in [1.54, 1.807) is 12.1 Å². The topological polar surface area (TPSA) is 55.3 Å². The Morgan fingerprint density at radius 1 is 1.33 bits per heavy atom. The minimum absolute atomic E-state index is 0.236. The summed E-state index contributed by atoms with van der Waals surface area (Å²) < 4.78 is 18.1. The predicted molar refractivity (Wildman–Crippen MR) is 67.5 cm³/mol. The number of benzene rings is 1. The van der Waals surface area contributed by atoms with Gasteiger partial charge >= 0.3 is 0 Å². The van der Waals surface area contributed by atoms with Gasteiger partial charge in [0.1, 0.15) is 5.82 Å². The zero-order chi connectivity index (χ0) is 13.0. The maximum atomic E-state index is 12.9. The van der Waals surface area contributed by atoms with Crippen LogP contribution in [0.2, 0.25) is 0 Å². The molecule has 2 N–H and O–H groups in total. The van der Waals surface area contributed by atoms with Gasteiger partial charge in [-0.15, -0.1) is 0 Å². The lowest BCUT2D eigenvalue weighted by Gasteiger charge is -2.21. The Morgan fingerprint density at radius 2 is 2.06 bits per heavy atom. The fraction of sp³-hybridized carbons (Fsp3) is 0.308. The Morgan fingerprint density at radius 3 is 2.61 bits per heavy atom. The second-order valence-corrected chi connectivity index (χ2v) is 3.98. The van der Waals surface area contributed by atoms with Crippen LogP contribution in [-0.2, 0) is 13.1 Å². The van der Waals surface area contributed by atoms with Crippen molar-refractivity contribution in [3.8, 4) is 0 Å². The second kappa shape index (κ2) is 5.64. The molecule has 1 aromatic heterocycles. The summed E-state index contributed by atoms with van der Waals surface area (Å²) in [5, 5.41) is 3.84. The Balaban J connectivity index is 2.11. The number of nitrogens with zero attached hydrogens (tertiary/aromatic N) is 2. The summed E-state index contributed by atoms with van der Waals surface area (Å²) >= 11 is 0. The summed E-state index contributed by atoms with van der Waals surface area (Å²) in [5.74, 6) is 0.515. The third-order valence-electron chi connectivity index (χ3n) is 2.74. The van der Waals surface area contributed by atoms with Gasteiger partial charge in [0.15, 0.2) is 5.76 Å². The molecule has 0 spiro atoms. The number of aromatic nitrogens is 1. The average Bonchev–Trinajstić information content (AvgIpc) is 2.85. The molecular formula is C13H16FN3O. The Hall–Kier alpha value is -1.88. The van der Waals surface area contributed by atoms with Crippen LogP contribution in [0.3, 0.4) is 0 Å².